The second-order valence-electron chi connectivity index (χ2n) is 7.02. The lowest BCUT2D eigenvalue weighted by molar-refractivity contribution is -0.385. The Morgan fingerprint density at radius 1 is 1.12 bits per heavy atom. The van der Waals surface area contributed by atoms with Gasteiger partial charge in [-0.3, -0.25) is 24.6 Å². The maximum absolute atomic E-state index is 13.1. The first-order valence-corrected chi connectivity index (χ1v) is 10.6. The second kappa shape index (κ2) is 9.71. The van der Waals surface area contributed by atoms with Gasteiger partial charge in [-0.05, 0) is 53.2 Å². The number of hydrogen-bond acceptors (Lipinski definition) is 8. The van der Waals surface area contributed by atoms with E-state index in [2.05, 4.69) is 4.98 Å². The van der Waals surface area contributed by atoms with Crippen LogP contribution in [0.25, 0.3) is 6.08 Å². The fraction of sp³-hybridized carbons (Fsp3) is 0.0870. The molecule has 2 aromatic carbocycles. The van der Waals surface area contributed by atoms with E-state index in [9.17, 15) is 24.1 Å². The highest BCUT2D eigenvalue weighted by molar-refractivity contribution is 8.18. The zero-order chi connectivity index (χ0) is 24.2. The molecule has 34 heavy (non-hydrogen) atoms. The lowest BCUT2D eigenvalue weighted by atomic mass is 10.1. The number of halogens is 1. The average molecular weight is 481 g/mol. The number of benzene rings is 2. The Kier molecular flexibility index (Phi) is 6.55. The van der Waals surface area contributed by atoms with Crippen molar-refractivity contribution in [3.63, 3.8) is 0 Å². The number of thioether (sulfide) groups is 1. The highest BCUT2D eigenvalue weighted by Gasteiger charge is 2.35. The molecule has 0 radical (unpaired) electrons. The van der Waals surface area contributed by atoms with E-state index in [1.165, 1.54) is 43.5 Å². The maximum Gasteiger partial charge on any atom is 0.293 e. The fourth-order valence-electron chi connectivity index (χ4n) is 3.07. The minimum Gasteiger partial charge on any atom is -0.493 e. The van der Waals surface area contributed by atoms with Crippen LogP contribution in [0, 0.1) is 15.9 Å². The van der Waals surface area contributed by atoms with E-state index in [1.807, 2.05) is 0 Å². The number of aromatic nitrogens is 1. The lowest BCUT2D eigenvalue weighted by Gasteiger charge is -2.12. The second-order valence-corrected chi connectivity index (χ2v) is 8.01. The van der Waals surface area contributed by atoms with E-state index >= 15 is 0 Å². The van der Waals surface area contributed by atoms with Crippen LogP contribution in [0.1, 0.15) is 11.1 Å². The maximum atomic E-state index is 13.1. The van der Waals surface area contributed by atoms with Crippen molar-refractivity contribution in [3.8, 4) is 17.4 Å². The summed E-state index contributed by atoms with van der Waals surface area (Å²) in [7, 11) is 1.44. The van der Waals surface area contributed by atoms with Crippen molar-refractivity contribution in [2.75, 3.05) is 7.11 Å². The van der Waals surface area contributed by atoms with Crippen LogP contribution in [0.15, 0.2) is 65.7 Å². The van der Waals surface area contributed by atoms with Crippen molar-refractivity contribution >= 4 is 34.7 Å². The van der Waals surface area contributed by atoms with Crippen LogP contribution in [0.2, 0.25) is 0 Å². The van der Waals surface area contributed by atoms with Gasteiger partial charge >= 0.3 is 0 Å². The molecule has 1 fully saturated rings. The molecule has 9 nitrogen and oxygen atoms in total. The minimum atomic E-state index is -0.562. The van der Waals surface area contributed by atoms with Crippen LogP contribution in [-0.4, -0.2) is 33.1 Å². The molecule has 1 aromatic heterocycles. The van der Waals surface area contributed by atoms with E-state index in [-0.39, 0.29) is 23.0 Å². The Hall–Kier alpha value is -4.25. The Morgan fingerprint density at radius 2 is 1.88 bits per heavy atom. The first kappa shape index (κ1) is 22.9. The molecule has 1 aliphatic heterocycles. The fourth-order valence-corrected chi connectivity index (χ4v) is 3.91. The summed E-state index contributed by atoms with van der Waals surface area (Å²) in [5, 5.41) is 10.3. The van der Waals surface area contributed by atoms with Crippen LogP contribution >= 0.6 is 11.8 Å². The van der Waals surface area contributed by atoms with Crippen molar-refractivity contribution in [1.82, 2.24) is 9.88 Å². The van der Waals surface area contributed by atoms with Crippen molar-refractivity contribution in [3.05, 3.63) is 92.8 Å². The van der Waals surface area contributed by atoms with Gasteiger partial charge in [-0.25, -0.2) is 9.37 Å². The minimum absolute atomic E-state index is 0.0423. The third-order valence-corrected chi connectivity index (χ3v) is 5.67. The van der Waals surface area contributed by atoms with E-state index in [0.717, 1.165) is 22.9 Å². The molecular weight excluding hydrogens is 465 g/mol. The van der Waals surface area contributed by atoms with Crippen LogP contribution < -0.4 is 9.47 Å². The predicted octanol–water partition coefficient (Wildman–Crippen LogP) is 5.17. The highest BCUT2D eigenvalue weighted by Crippen LogP contribution is 2.36. The number of amides is 2. The third-order valence-electron chi connectivity index (χ3n) is 4.76. The summed E-state index contributed by atoms with van der Waals surface area (Å²) in [4.78, 5) is 40.5. The molecule has 3 aromatic rings. The number of ether oxygens (including phenoxy) is 2. The van der Waals surface area contributed by atoms with Crippen molar-refractivity contribution in [2.45, 2.75) is 6.54 Å². The Balaban J connectivity index is 1.51. The zero-order valence-electron chi connectivity index (χ0n) is 17.6. The van der Waals surface area contributed by atoms with Crippen molar-refractivity contribution in [1.29, 1.82) is 0 Å². The lowest BCUT2D eigenvalue weighted by Crippen LogP contribution is -2.27. The number of hydrogen-bond donors (Lipinski definition) is 0. The summed E-state index contributed by atoms with van der Waals surface area (Å²) in [6, 6.07) is 13.1. The van der Waals surface area contributed by atoms with Gasteiger partial charge in [0, 0.05) is 12.1 Å². The molecule has 1 saturated heterocycles. The number of pyridine rings is 1. The summed E-state index contributed by atoms with van der Waals surface area (Å²) in [5.74, 6) is -0.0689. The van der Waals surface area contributed by atoms with E-state index in [0.29, 0.717) is 22.6 Å². The van der Waals surface area contributed by atoms with Crippen molar-refractivity contribution < 1.29 is 28.4 Å². The van der Waals surface area contributed by atoms with Gasteiger partial charge in [0.25, 0.3) is 16.8 Å². The van der Waals surface area contributed by atoms with Gasteiger partial charge in [0.2, 0.25) is 5.88 Å². The molecule has 4 rings (SSSR count). The zero-order valence-corrected chi connectivity index (χ0v) is 18.5. The van der Waals surface area contributed by atoms with Gasteiger partial charge < -0.3 is 9.47 Å². The number of methoxy groups -OCH3 is 1. The number of nitro groups is 1. The molecule has 2 heterocycles. The molecular formula is C23H16FN3O6S. The van der Waals surface area contributed by atoms with E-state index < -0.39 is 21.9 Å². The first-order valence-electron chi connectivity index (χ1n) is 9.80. The van der Waals surface area contributed by atoms with Gasteiger partial charge in [0.05, 0.1) is 23.5 Å². The van der Waals surface area contributed by atoms with Crippen LogP contribution in [0.3, 0.4) is 0 Å². The predicted molar refractivity (Wildman–Crippen MR) is 122 cm³/mol. The number of carbonyl (C=O) groups excluding carboxylic acids is 2. The van der Waals surface area contributed by atoms with Crippen LogP contribution in [0.4, 0.5) is 14.9 Å². The standard InChI is InChI=1S/C23H16FN3O6S/c1-32-19-10-15(4-8-18(19)33-21-9-7-17(12-25-21)27(30)31)11-20-22(28)26(23(29)34-20)13-14-2-5-16(24)6-3-14/h2-12H,13H2,1H3/b20-11+. The van der Waals surface area contributed by atoms with Crippen LogP contribution in [-0.2, 0) is 11.3 Å². The molecule has 2 amide bonds. The Bertz CT molecular complexity index is 1300. The van der Waals surface area contributed by atoms with Crippen molar-refractivity contribution in [2.24, 2.45) is 0 Å². The molecule has 0 unspecified atom stereocenters. The smallest absolute Gasteiger partial charge is 0.293 e. The topological polar surface area (TPSA) is 112 Å². The molecule has 0 spiro atoms. The summed E-state index contributed by atoms with van der Waals surface area (Å²) in [5.41, 5.74) is 1.06. The molecule has 0 atom stereocenters. The van der Waals surface area contributed by atoms with Gasteiger partial charge in [0.15, 0.2) is 11.5 Å². The molecule has 0 bridgehead atoms. The van der Waals surface area contributed by atoms with Gasteiger partial charge in [-0.1, -0.05) is 18.2 Å². The molecule has 0 N–H and O–H groups in total. The normalized spacial score (nSPS) is 14.5. The molecule has 11 heteroatoms. The molecule has 172 valence electrons. The molecule has 1 aliphatic rings. The Labute approximate surface area is 197 Å². The number of nitrogens with zero attached hydrogens (tertiary/aromatic N) is 3. The van der Waals surface area contributed by atoms with Crippen LogP contribution in [0.5, 0.6) is 17.4 Å². The number of rotatable bonds is 7. The summed E-state index contributed by atoms with van der Waals surface area (Å²) < 4.78 is 24.1. The SMILES string of the molecule is COc1cc(/C=C2/SC(=O)N(Cc3ccc(F)cc3)C2=O)ccc1Oc1ccc([N+](=O)[O-])cn1. The summed E-state index contributed by atoms with van der Waals surface area (Å²) in [6.45, 7) is 0.0423. The van der Waals surface area contributed by atoms with Gasteiger partial charge in [-0.15, -0.1) is 0 Å². The summed E-state index contributed by atoms with van der Waals surface area (Å²) >= 11 is 0.810. The molecule has 0 aliphatic carbocycles. The monoisotopic (exact) mass is 481 g/mol. The first-order chi connectivity index (χ1) is 16.3. The van der Waals surface area contributed by atoms with Gasteiger partial charge in [-0.2, -0.15) is 0 Å². The van der Waals surface area contributed by atoms with E-state index in [1.54, 1.807) is 24.3 Å². The largest absolute Gasteiger partial charge is 0.493 e. The Morgan fingerprint density at radius 3 is 2.53 bits per heavy atom. The summed E-state index contributed by atoms with van der Waals surface area (Å²) in [6.07, 6.45) is 2.64. The van der Waals surface area contributed by atoms with E-state index in [4.69, 9.17) is 9.47 Å². The van der Waals surface area contributed by atoms with Gasteiger partial charge in [0.1, 0.15) is 12.0 Å². The number of imide groups is 1. The highest BCUT2D eigenvalue weighted by atomic mass is 32.2. The third kappa shape index (κ3) is 5.04. The average Bonchev–Trinajstić information content (AvgIpc) is 3.09. The number of carbonyl (C=O) groups is 2. The quantitative estimate of drug-likeness (QED) is 0.258. The molecule has 0 saturated carbocycles.